The van der Waals surface area contributed by atoms with Crippen LogP contribution in [0.25, 0.3) is 0 Å². The number of alkyl halides is 1. The van der Waals surface area contributed by atoms with E-state index in [1.807, 2.05) is 4.90 Å². The number of rotatable bonds is 1. The summed E-state index contributed by atoms with van der Waals surface area (Å²) >= 11 is 0. The molecule has 2 fully saturated rings. The monoisotopic (exact) mass is 266 g/mol. The molecular weight excluding hydrogens is 247 g/mol. The Hall–Kier alpha value is -1.43. The highest BCUT2D eigenvalue weighted by molar-refractivity contribution is 5.36. The van der Waals surface area contributed by atoms with Gasteiger partial charge < -0.3 is 15.6 Å². The third-order valence-electron chi connectivity index (χ3n) is 4.67. The molecule has 3 N–H and O–H groups in total. The number of hydrogen-bond acceptors (Lipinski definition) is 4. The van der Waals surface area contributed by atoms with E-state index in [9.17, 15) is 9.18 Å². The van der Waals surface area contributed by atoms with Gasteiger partial charge in [0.25, 0.3) is 5.56 Å². The van der Waals surface area contributed by atoms with Crippen LogP contribution in [0.15, 0.2) is 17.2 Å². The van der Waals surface area contributed by atoms with E-state index in [4.69, 9.17) is 5.73 Å². The molecule has 0 amide bonds. The molecule has 1 aromatic rings. The lowest BCUT2D eigenvalue weighted by Gasteiger charge is -2.42. The van der Waals surface area contributed by atoms with Crippen molar-refractivity contribution >= 4 is 5.82 Å². The van der Waals surface area contributed by atoms with Gasteiger partial charge in [-0.3, -0.25) is 4.79 Å². The van der Waals surface area contributed by atoms with Crippen LogP contribution in [0.2, 0.25) is 0 Å². The van der Waals surface area contributed by atoms with E-state index in [0.29, 0.717) is 18.7 Å². The zero-order valence-corrected chi connectivity index (χ0v) is 10.8. The number of halogens is 1. The summed E-state index contributed by atoms with van der Waals surface area (Å²) in [7, 11) is 0. The first kappa shape index (κ1) is 12.6. The van der Waals surface area contributed by atoms with Gasteiger partial charge in [0.2, 0.25) is 0 Å². The zero-order valence-electron chi connectivity index (χ0n) is 10.8. The standard InChI is InChI=1S/C13H19FN4O/c14-9-7-10(15)13(8-9)1-5-18(6-2-13)11-12(19)17-4-3-16-11/h3-4,9-10H,1-2,5-8,15H2,(H,17,19)/t9?,10-/m1/s1. The molecule has 0 aromatic carbocycles. The minimum atomic E-state index is -0.764. The van der Waals surface area contributed by atoms with Gasteiger partial charge in [-0.1, -0.05) is 0 Å². The number of H-pyrrole nitrogens is 1. The van der Waals surface area contributed by atoms with Gasteiger partial charge >= 0.3 is 0 Å². The van der Waals surface area contributed by atoms with Crippen molar-refractivity contribution in [3.63, 3.8) is 0 Å². The van der Waals surface area contributed by atoms with Crippen LogP contribution in [0.4, 0.5) is 10.2 Å². The Kier molecular flexibility index (Phi) is 3.05. The molecule has 2 aliphatic rings. The molecule has 19 heavy (non-hydrogen) atoms. The topological polar surface area (TPSA) is 75.0 Å². The molecular formula is C13H19FN4O. The Morgan fingerprint density at radius 1 is 1.47 bits per heavy atom. The van der Waals surface area contributed by atoms with E-state index in [0.717, 1.165) is 25.9 Å². The summed E-state index contributed by atoms with van der Waals surface area (Å²) < 4.78 is 13.5. The van der Waals surface area contributed by atoms with E-state index in [-0.39, 0.29) is 17.0 Å². The molecule has 1 aliphatic heterocycles. The van der Waals surface area contributed by atoms with E-state index < -0.39 is 6.17 Å². The van der Waals surface area contributed by atoms with Crippen LogP contribution in [0, 0.1) is 5.41 Å². The first-order valence-electron chi connectivity index (χ1n) is 6.79. The average Bonchev–Trinajstić information content (AvgIpc) is 2.66. The minimum Gasteiger partial charge on any atom is -0.352 e. The van der Waals surface area contributed by atoms with Gasteiger partial charge in [0.05, 0.1) is 0 Å². The van der Waals surface area contributed by atoms with Crippen LogP contribution in [0.1, 0.15) is 25.7 Å². The molecule has 2 heterocycles. The van der Waals surface area contributed by atoms with Gasteiger partial charge in [-0.05, 0) is 31.1 Å². The van der Waals surface area contributed by atoms with Crippen molar-refractivity contribution in [3.8, 4) is 0 Å². The predicted molar refractivity (Wildman–Crippen MR) is 70.8 cm³/mol. The normalized spacial score (nSPS) is 29.9. The van der Waals surface area contributed by atoms with E-state index in [1.165, 1.54) is 6.20 Å². The van der Waals surface area contributed by atoms with Crippen LogP contribution in [-0.4, -0.2) is 35.3 Å². The lowest BCUT2D eigenvalue weighted by Crippen LogP contribution is -2.48. The highest BCUT2D eigenvalue weighted by Crippen LogP contribution is 2.46. The fourth-order valence-electron chi connectivity index (χ4n) is 3.51. The smallest absolute Gasteiger partial charge is 0.290 e. The number of nitrogens with two attached hydrogens (primary N) is 1. The number of aromatic nitrogens is 2. The summed E-state index contributed by atoms with van der Waals surface area (Å²) in [5.41, 5.74) is 5.87. The largest absolute Gasteiger partial charge is 0.352 e. The molecule has 3 rings (SSSR count). The SMILES string of the molecule is N[C@@H]1CC(F)CC12CCN(c1ncc[nH]c1=O)CC2. The van der Waals surface area contributed by atoms with Crippen molar-refractivity contribution < 1.29 is 4.39 Å². The second-order valence-electron chi connectivity index (χ2n) is 5.73. The van der Waals surface area contributed by atoms with Gasteiger partial charge in [-0.15, -0.1) is 0 Å². The molecule has 6 heteroatoms. The van der Waals surface area contributed by atoms with Crippen molar-refractivity contribution in [1.29, 1.82) is 0 Å². The highest BCUT2D eigenvalue weighted by Gasteiger charge is 2.47. The third-order valence-corrected chi connectivity index (χ3v) is 4.67. The molecule has 0 bridgehead atoms. The molecule has 5 nitrogen and oxygen atoms in total. The Balaban J connectivity index is 1.74. The summed E-state index contributed by atoms with van der Waals surface area (Å²) in [5.74, 6) is 0.459. The fourth-order valence-corrected chi connectivity index (χ4v) is 3.51. The van der Waals surface area contributed by atoms with E-state index >= 15 is 0 Å². The second kappa shape index (κ2) is 4.59. The van der Waals surface area contributed by atoms with Crippen molar-refractivity contribution in [2.24, 2.45) is 11.1 Å². The third kappa shape index (κ3) is 2.14. The van der Waals surface area contributed by atoms with Gasteiger partial charge in [-0.2, -0.15) is 0 Å². The Morgan fingerprint density at radius 3 is 2.79 bits per heavy atom. The Bertz CT molecular complexity index is 509. The summed E-state index contributed by atoms with van der Waals surface area (Å²) in [6.45, 7) is 1.45. The number of nitrogens with zero attached hydrogens (tertiary/aromatic N) is 2. The quantitative estimate of drug-likeness (QED) is 0.789. The van der Waals surface area contributed by atoms with E-state index in [2.05, 4.69) is 9.97 Å². The van der Waals surface area contributed by atoms with Crippen molar-refractivity contribution in [2.75, 3.05) is 18.0 Å². The molecule has 1 spiro atoms. The van der Waals surface area contributed by atoms with Crippen LogP contribution in [0.5, 0.6) is 0 Å². The number of anilines is 1. The highest BCUT2D eigenvalue weighted by atomic mass is 19.1. The maximum atomic E-state index is 13.5. The maximum absolute atomic E-state index is 13.5. The van der Waals surface area contributed by atoms with Crippen molar-refractivity contribution in [3.05, 3.63) is 22.7 Å². The fraction of sp³-hybridized carbons (Fsp3) is 0.692. The molecule has 1 aliphatic carbocycles. The molecule has 1 saturated carbocycles. The summed E-state index contributed by atoms with van der Waals surface area (Å²) in [6.07, 6.45) is 5.07. The number of piperidine rings is 1. The molecule has 104 valence electrons. The van der Waals surface area contributed by atoms with Gasteiger partial charge in [0, 0.05) is 31.5 Å². The predicted octanol–water partition coefficient (Wildman–Crippen LogP) is 0.816. The van der Waals surface area contributed by atoms with Crippen LogP contribution < -0.4 is 16.2 Å². The van der Waals surface area contributed by atoms with Gasteiger partial charge in [0.15, 0.2) is 5.82 Å². The molecule has 1 aromatic heterocycles. The Labute approximate surface area is 111 Å². The van der Waals surface area contributed by atoms with Crippen molar-refractivity contribution in [1.82, 2.24) is 9.97 Å². The van der Waals surface area contributed by atoms with Gasteiger partial charge in [0.1, 0.15) is 6.17 Å². The lowest BCUT2D eigenvalue weighted by molar-refractivity contribution is 0.184. The minimum absolute atomic E-state index is 0.0494. The summed E-state index contributed by atoms with van der Waals surface area (Å²) in [5, 5.41) is 0. The second-order valence-corrected chi connectivity index (χ2v) is 5.73. The van der Waals surface area contributed by atoms with Gasteiger partial charge in [-0.25, -0.2) is 9.37 Å². The summed E-state index contributed by atoms with van der Waals surface area (Å²) in [6, 6.07) is -0.0494. The number of aromatic amines is 1. The number of nitrogens with one attached hydrogen (secondary N) is 1. The molecule has 1 unspecified atom stereocenters. The van der Waals surface area contributed by atoms with Crippen LogP contribution in [0.3, 0.4) is 0 Å². The average molecular weight is 266 g/mol. The molecule has 2 atom stereocenters. The van der Waals surface area contributed by atoms with Crippen molar-refractivity contribution in [2.45, 2.75) is 37.9 Å². The molecule has 0 radical (unpaired) electrons. The first-order chi connectivity index (χ1) is 9.11. The Morgan fingerprint density at radius 2 is 2.21 bits per heavy atom. The van der Waals surface area contributed by atoms with Crippen LogP contribution >= 0.6 is 0 Å². The lowest BCUT2D eigenvalue weighted by atomic mass is 9.74. The number of hydrogen-bond donors (Lipinski definition) is 2. The maximum Gasteiger partial charge on any atom is 0.290 e. The molecule has 1 saturated heterocycles. The zero-order chi connectivity index (χ0) is 13.5. The summed E-state index contributed by atoms with van der Waals surface area (Å²) in [4.78, 5) is 20.4. The van der Waals surface area contributed by atoms with Crippen LogP contribution in [-0.2, 0) is 0 Å². The first-order valence-corrected chi connectivity index (χ1v) is 6.79. The van der Waals surface area contributed by atoms with E-state index in [1.54, 1.807) is 6.20 Å².